The molecule has 4 rings (SSSR count). The number of nitrogens with two attached hydrogens (primary N) is 1. The fraction of sp³-hybridized carbons (Fsp3) is 0.0455. The lowest BCUT2D eigenvalue weighted by atomic mass is 9.94. The molecule has 2 heterocycles. The summed E-state index contributed by atoms with van der Waals surface area (Å²) in [7, 11) is 0. The van der Waals surface area contributed by atoms with Crippen LogP contribution < -0.4 is 11.1 Å². The highest BCUT2D eigenvalue weighted by molar-refractivity contribution is 7.10. The van der Waals surface area contributed by atoms with Gasteiger partial charge in [-0.25, -0.2) is 4.98 Å². The van der Waals surface area contributed by atoms with Gasteiger partial charge in [0.15, 0.2) is 0 Å². The second-order valence-corrected chi connectivity index (χ2v) is 7.39. The van der Waals surface area contributed by atoms with E-state index in [0.29, 0.717) is 11.1 Å². The summed E-state index contributed by atoms with van der Waals surface area (Å²) in [5.41, 5.74) is 10.2. The average Bonchev–Trinajstić information content (AvgIpc) is 3.39. The van der Waals surface area contributed by atoms with Gasteiger partial charge in [-0.1, -0.05) is 18.2 Å². The number of aromatic amines is 1. The van der Waals surface area contributed by atoms with Crippen molar-refractivity contribution in [3.63, 3.8) is 0 Å². The zero-order valence-corrected chi connectivity index (χ0v) is 16.4. The van der Waals surface area contributed by atoms with Crippen LogP contribution in [-0.4, -0.2) is 21.8 Å². The van der Waals surface area contributed by atoms with Crippen molar-refractivity contribution in [2.75, 3.05) is 5.32 Å². The molecular weight excluding hydrogens is 384 g/mol. The Hall–Kier alpha value is -3.71. The number of H-pyrrole nitrogens is 1. The molecule has 4 N–H and O–H groups in total. The molecule has 0 fully saturated rings. The van der Waals surface area contributed by atoms with Gasteiger partial charge in [-0.15, -0.1) is 11.3 Å². The van der Waals surface area contributed by atoms with Crippen molar-refractivity contribution in [3.8, 4) is 11.1 Å². The van der Waals surface area contributed by atoms with Crippen LogP contribution in [0.4, 0.5) is 5.69 Å². The number of hydrogen-bond donors (Lipinski definition) is 3. The number of primary amides is 1. The summed E-state index contributed by atoms with van der Waals surface area (Å²) in [5.74, 6) is -0.704. The van der Waals surface area contributed by atoms with Gasteiger partial charge in [0, 0.05) is 34.9 Å². The predicted octanol–water partition coefficient (Wildman–Crippen LogP) is 4.35. The molecule has 0 aliphatic carbocycles. The van der Waals surface area contributed by atoms with E-state index in [4.69, 9.17) is 5.73 Å². The molecule has 29 heavy (non-hydrogen) atoms. The van der Waals surface area contributed by atoms with E-state index in [1.807, 2.05) is 42.6 Å². The van der Waals surface area contributed by atoms with Crippen molar-refractivity contribution in [2.45, 2.75) is 6.92 Å². The smallest absolute Gasteiger partial charge is 0.250 e. The molecule has 0 bridgehead atoms. The highest BCUT2D eigenvalue weighted by Gasteiger charge is 2.15. The topological polar surface area (TPSA) is 101 Å². The zero-order chi connectivity index (χ0) is 20.4. The van der Waals surface area contributed by atoms with Crippen LogP contribution >= 0.6 is 11.3 Å². The second-order valence-electron chi connectivity index (χ2n) is 6.46. The maximum Gasteiger partial charge on any atom is 0.250 e. The lowest BCUT2D eigenvalue weighted by Crippen LogP contribution is -2.11. The van der Waals surface area contributed by atoms with Crippen molar-refractivity contribution < 1.29 is 9.59 Å². The Morgan fingerprint density at radius 1 is 1.17 bits per heavy atom. The molecule has 6 nitrogen and oxygen atoms in total. The molecule has 0 aliphatic heterocycles. The average molecular weight is 402 g/mol. The molecule has 7 heteroatoms. The number of aromatic nitrogens is 2. The second kappa shape index (κ2) is 7.73. The third-order valence-electron chi connectivity index (χ3n) is 4.70. The van der Waals surface area contributed by atoms with E-state index >= 15 is 0 Å². The quantitative estimate of drug-likeness (QED) is 0.433. The summed E-state index contributed by atoms with van der Waals surface area (Å²) in [6.07, 6.45) is 6.63. The Balaban J connectivity index is 1.68. The van der Waals surface area contributed by atoms with Crippen LogP contribution in [-0.2, 0) is 4.79 Å². The summed E-state index contributed by atoms with van der Waals surface area (Å²) >= 11 is 1.47. The number of rotatable bonds is 5. The Kier molecular flexibility index (Phi) is 4.97. The minimum Gasteiger partial charge on any atom is -0.366 e. The molecule has 0 saturated carbocycles. The molecule has 0 atom stereocenters. The number of carbonyl (C=O) groups is 2. The summed E-state index contributed by atoms with van der Waals surface area (Å²) in [6.45, 7) is 1.95. The monoisotopic (exact) mass is 402 g/mol. The van der Waals surface area contributed by atoms with Crippen LogP contribution in [0, 0.1) is 6.92 Å². The van der Waals surface area contributed by atoms with Gasteiger partial charge in [0.05, 0.1) is 11.1 Å². The zero-order valence-electron chi connectivity index (χ0n) is 15.6. The number of nitrogens with zero attached hydrogens (tertiary/aromatic N) is 1. The SMILES string of the molecule is Cc1c(NC(=O)/C=C/c2nccs2)cccc1-c1ccc(C(N)=O)c2[nH]ccc12. The molecule has 0 saturated heterocycles. The fourth-order valence-corrected chi connectivity index (χ4v) is 3.83. The molecule has 144 valence electrons. The van der Waals surface area contributed by atoms with Crippen LogP contribution in [0.5, 0.6) is 0 Å². The van der Waals surface area contributed by atoms with Crippen LogP contribution in [0.3, 0.4) is 0 Å². The molecule has 2 aromatic heterocycles. The lowest BCUT2D eigenvalue weighted by Gasteiger charge is -2.13. The van der Waals surface area contributed by atoms with Gasteiger partial charge < -0.3 is 16.0 Å². The summed E-state index contributed by atoms with van der Waals surface area (Å²) in [5, 5.41) is 6.45. The van der Waals surface area contributed by atoms with Crippen LogP contribution in [0.25, 0.3) is 28.1 Å². The summed E-state index contributed by atoms with van der Waals surface area (Å²) in [6, 6.07) is 11.3. The van der Waals surface area contributed by atoms with E-state index in [1.54, 1.807) is 24.5 Å². The van der Waals surface area contributed by atoms with E-state index < -0.39 is 5.91 Å². The fourth-order valence-electron chi connectivity index (χ4n) is 3.30. The van der Waals surface area contributed by atoms with Gasteiger partial charge in [0.1, 0.15) is 5.01 Å². The molecule has 0 aliphatic rings. The van der Waals surface area contributed by atoms with E-state index in [9.17, 15) is 9.59 Å². The predicted molar refractivity (Wildman–Crippen MR) is 117 cm³/mol. The summed E-state index contributed by atoms with van der Waals surface area (Å²) < 4.78 is 0. The molecule has 2 amide bonds. The third kappa shape index (κ3) is 3.68. The molecule has 0 spiro atoms. The van der Waals surface area contributed by atoms with E-state index in [0.717, 1.165) is 32.8 Å². The van der Waals surface area contributed by atoms with Crippen LogP contribution in [0.1, 0.15) is 20.9 Å². The first-order valence-electron chi connectivity index (χ1n) is 8.93. The standard InChI is InChI=1S/C22H18N4O2S/c1-13-14(15-5-6-17(22(23)28)21-16(15)9-10-25-21)3-2-4-18(13)26-19(27)7-8-20-24-11-12-29-20/h2-12,25H,1H3,(H2,23,28)(H,26,27)/b8-7+. The minimum atomic E-state index is -0.478. The van der Waals surface area contributed by atoms with E-state index in [1.165, 1.54) is 17.4 Å². The van der Waals surface area contributed by atoms with Gasteiger partial charge in [-0.3, -0.25) is 9.59 Å². The van der Waals surface area contributed by atoms with E-state index in [-0.39, 0.29) is 5.91 Å². The molecule has 0 radical (unpaired) electrons. The lowest BCUT2D eigenvalue weighted by molar-refractivity contribution is -0.111. The first-order chi connectivity index (χ1) is 14.0. The van der Waals surface area contributed by atoms with Gasteiger partial charge in [0.2, 0.25) is 5.91 Å². The van der Waals surface area contributed by atoms with E-state index in [2.05, 4.69) is 15.3 Å². The number of benzene rings is 2. The Morgan fingerprint density at radius 3 is 2.79 bits per heavy atom. The number of thiazole rings is 1. The Labute approximate surface area is 171 Å². The third-order valence-corrected chi connectivity index (χ3v) is 5.44. The first kappa shape index (κ1) is 18.6. The molecule has 2 aromatic carbocycles. The number of anilines is 1. The largest absolute Gasteiger partial charge is 0.366 e. The Bertz CT molecular complexity index is 1240. The molecule has 4 aromatic rings. The van der Waals surface area contributed by atoms with Crippen LogP contribution in [0.2, 0.25) is 0 Å². The number of fused-ring (bicyclic) bond motifs is 1. The van der Waals surface area contributed by atoms with Crippen molar-refractivity contribution in [1.82, 2.24) is 9.97 Å². The first-order valence-corrected chi connectivity index (χ1v) is 9.81. The minimum absolute atomic E-state index is 0.226. The van der Waals surface area contributed by atoms with Crippen molar-refractivity contribution in [3.05, 3.63) is 76.4 Å². The number of carbonyl (C=O) groups excluding carboxylic acids is 2. The maximum atomic E-state index is 12.3. The van der Waals surface area contributed by atoms with Crippen molar-refractivity contribution >= 4 is 45.8 Å². The highest BCUT2D eigenvalue weighted by atomic mass is 32.1. The molecule has 0 unspecified atom stereocenters. The van der Waals surface area contributed by atoms with Gasteiger partial charge >= 0.3 is 0 Å². The van der Waals surface area contributed by atoms with Gasteiger partial charge in [-0.2, -0.15) is 0 Å². The van der Waals surface area contributed by atoms with Crippen LogP contribution in [0.15, 0.2) is 60.2 Å². The highest BCUT2D eigenvalue weighted by Crippen LogP contribution is 2.34. The maximum absolute atomic E-state index is 12.3. The van der Waals surface area contributed by atoms with Crippen molar-refractivity contribution in [2.24, 2.45) is 5.73 Å². The summed E-state index contributed by atoms with van der Waals surface area (Å²) in [4.78, 5) is 31.2. The number of nitrogens with one attached hydrogen (secondary N) is 2. The number of hydrogen-bond acceptors (Lipinski definition) is 4. The molecular formula is C22H18N4O2S. The van der Waals surface area contributed by atoms with Gasteiger partial charge in [-0.05, 0) is 47.9 Å². The normalized spacial score (nSPS) is 11.2. The van der Waals surface area contributed by atoms with Gasteiger partial charge in [0.25, 0.3) is 5.91 Å². The number of amides is 2. The van der Waals surface area contributed by atoms with Crippen molar-refractivity contribution in [1.29, 1.82) is 0 Å². The Morgan fingerprint density at radius 2 is 2.03 bits per heavy atom.